The largest absolute Gasteiger partial charge is 0.416 e. The maximum atomic E-state index is 13.0. The molecule has 0 amide bonds. The predicted octanol–water partition coefficient (Wildman–Crippen LogP) is 5.42. The second kappa shape index (κ2) is 5.93. The van der Waals surface area contributed by atoms with E-state index in [4.69, 9.17) is 11.6 Å². The molecule has 6 heteroatoms. The topological polar surface area (TPSA) is 12.0 Å². The Morgan fingerprint density at radius 2 is 1.86 bits per heavy atom. The SMILES string of the molecule is Cc1cccc(Cl)c1NCc1ccc(F)cc1C(F)(F)F. The summed E-state index contributed by atoms with van der Waals surface area (Å²) in [6.45, 7) is 1.70. The quantitative estimate of drug-likeness (QED) is 0.745. The van der Waals surface area contributed by atoms with Crippen LogP contribution >= 0.6 is 11.6 Å². The van der Waals surface area contributed by atoms with Gasteiger partial charge in [0.1, 0.15) is 5.82 Å². The molecule has 0 unspecified atom stereocenters. The Labute approximate surface area is 124 Å². The first-order valence-electron chi connectivity index (χ1n) is 6.13. The zero-order chi connectivity index (χ0) is 15.6. The van der Waals surface area contributed by atoms with Gasteiger partial charge in [0, 0.05) is 6.54 Å². The lowest BCUT2D eigenvalue weighted by Gasteiger charge is -2.16. The predicted molar refractivity (Wildman–Crippen MR) is 74.9 cm³/mol. The van der Waals surface area contributed by atoms with E-state index in [9.17, 15) is 17.6 Å². The summed E-state index contributed by atoms with van der Waals surface area (Å²) in [7, 11) is 0. The van der Waals surface area contributed by atoms with Crippen LogP contribution < -0.4 is 5.32 Å². The normalized spacial score (nSPS) is 11.5. The molecular formula is C15H12ClF4N. The number of nitrogens with one attached hydrogen (secondary N) is 1. The molecule has 0 aliphatic rings. The number of halogens is 5. The first-order valence-corrected chi connectivity index (χ1v) is 6.51. The third kappa shape index (κ3) is 3.67. The van der Waals surface area contributed by atoms with E-state index in [2.05, 4.69) is 5.32 Å². The number of hydrogen-bond donors (Lipinski definition) is 1. The molecule has 0 bridgehead atoms. The van der Waals surface area contributed by atoms with Crippen LogP contribution in [0.15, 0.2) is 36.4 Å². The lowest BCUT2D eigenvalue weighted by atomic mass is 10.1. The molecule has 0 saturated carbocycles. The summed E-state index contributed by atoms with van der Waals surface area (Å²) in [6, 6.07) is 7.82. The van der Waals surface area contributed by atoms with Gasteiger partial charge in [-0.05, 0) is 36.2 Å². The Hall–Kier alpha value is -1.75. The molecule has 0 atom stereocenters. The van der Waals surface area contributed by atoms with E-state index in [0.717, 1.165) is 17.7 Å². The molecule has 0 heterocycles. The highest BCUT2D eigenvalue weighted by molar-refractivity contribution is 6.33. The number of para-hydroxylation sites is 1. The van der Waals surface area contributed by atoms with Gasteiger partial charge in [0.15, 0.2) is 0 Å². The van der Waals surface area contributed by atoms with Crippen molar-refractivity contribution in [3.8, 4) is 0 Å². The number of benzene rings is 2. The fourth-order valence-electron chi connectivity index (χ4n) is 2.01. The van der Waals surface area contributed by atoms with Crippen LogP contribution in [0.2, 0.25) is 5.02 Å². The average molecular weight is 318 g/mol. The van der Waals surface area contributed by atoms with E-state index in [1.54, 1.807) is 25.1 Å². The van der Waals surface area contributed by atoms with Gasteiger partial charge in [0.2, 0.25) is 0 Å². The maximum Gasteiger partial charge on any atom is 0.416 e. The minimum atomic E-state index is -4.60. The molecule has 0 aromatic heterocycles. The van der Waals surface area contributed by atoms with Crippen molar-refractivity contribution in [2.45, 2.75) is 19.6 Å². The van der Waals surface area contributed by atoms with Gasteiger partial charge in [-0.1, -0.05) is 29.8 Å². The summed E-state index contributed by atoms with van der Waals surface area (Å²) >= 11 is 6.01. The molecule has 112 valence electrons. The highest BCUT2D eigenvalue weighted by atomic mass is 35.5. The summed E-state index contributed by atoms with van der Waals surface area (Å²) in [4.78, 5) is 0. The van der Waals surface area contributed by atoms with Gasteiger partial charge in [-0.15, -0.1) is 0 Å². The zero-order valence-electron chi connectivity index (χ0n) is 11.1. The molecule has 0 spiro atoms. The van der Waals surface area contributed by atoms with Crippen LogP contribution in [0, 0.1) is 12.7 Å². The molecule has 1 nitrogen and oxygen atoms in total. The lowest BCUT2D eigenvalue weighted by Crippen LogP contribution is -2.12. The highest BCUT2D eigenvalue weighted by Crippen LogP contribution is 2.33. The van der Waals surface area contributed by atoms with Crippen molar-refractivity contribution in [2.75, 3.05) is 5.32 Å². The molecule has 0 aliphatic carbocycles. The van der Waals surface area contributed by atoms with E-state index < -0.39 is 17.6 Å². The second-order valence-electron chi connectivity index (χ2n) is 4.58. The van der Waals surface area contributed by atoms with Crippen molar-refractivity contribution < 1.29 is 17.6 Å². The zero-order valence-corrected chi connectivity index (χ0v) is 11.8. The van der Waals surface area contributed by atoms with Crippen molar-refractivity contribution in [3.63, 3.8) is 0 Å². The maximum absolute atomic E-state index is 13.0. The highest BCUT2D eigenvalue weighted by Gasteiger charge is 2.33. The van der Waals surface area contributed by atoms with Crippen LogP contribution in [0.1, 0.15) is 16.7 Å². The van der Waals surface area contributed by atoms with Crippen molar-refractivity contribution in [3.05, 3.63) is 63.9 Å². The van der Waals surface area contributed by atoms with Gasteiger partial charge >= 0.3 is 6.18 Å². The molecule has 21 heavy (non-hydrogen) atoms. The van der Waals surface area contributed by atoms with Crippen LogP contribution in [0.4, 0.5) is 23.2 Å². The van der Waals surface area contributed by atoms with E-state index in [0.29, 0.717) is 16.8 Å². The molecule has 2 aromatic rings. The van der Waals surface area contributed by atoms with Gasteiger partial charge in [-0.25, -0.2) is 4.39 Å². The van der Waals surface area contributed by atoms with Crippen molar-refractivity contribution in [2.24, 2.45) is 0 Å². The summed E-state index contributed by atoms with van der Waals surface area (Å²) in [5.41, 5.74) is 0.359. The molecule has 0 aliphatic heterocycles. The third-order valence-electron chi connectivity index (χ3n) is 3.05. The first kappa shape index (κ1) is 15.6. The molecule has 0 radical (unpaired) electrons. The Kier molecular flexibility index (Phi) is 4.42. The Morgan fingerprint density at radius 1 is 1.14 bits per heavy atom. The molecule has 1 N–H and O–H groups in total. The number of anilines is 1. The van der Waals surface area contributed by atoms with Crippen molar-refractivity contribution in [1.82, 2.24) is 0 Å². The number of aryl methyl sites for hydroxylation is 1. The lowest BCUT2D eigenvalue weighted by molar-refractivity contribution is -0.138. The number of alkyl halides is 3. The van der Waals surface area contributed by atoms with Gasteiger partial charge in [-0.2, -0.15) is 13.2 Å². The molecule has 2 aromatic carbocycles. The fourth-order valence-corrected chi connectivity index (χ4v) is 2.29. The monoisotopic (exact) mass is 317 g/mol. The van der Waals surface area contributed by atoms with Crippen molar-refractivity contribution >= 4 is 17.3 Å². The number of rotatable bonds is 3. The third-order valence-corrected chi connectivity index (χ3v) is 3.37. The minimum absolute atomic E-state index is 0.0387. The standard InChI is InChI=1S/C15H12ClF4N/c1-9-3-2-4-13(16)14(9)21-8-10-5-6-11(17)7-12(10)15(18,19)20/h2-7,21H,8H2,1H3. The van der Waals surface area contributed by atoms with E-state index in [1.165, 1.54) is 0 Å². The van der Waals surface area contributed by atoms with Crippen LogP contribution in [0.5, 0.6) is 0 Å². The van der Waals surface area contributed by atoms with Crippen LogP contribution in [-0.2, 0) is 12.7 Å². The minimum Gasteiger partial charge on any atom is -0.380 e. The Morgan fingerprint density at radius 3 is 2.48 bits per heavy atom. The fraction of sp³-hybridized carbons (Fsp3) is 0.200. The van der Waals surface area contributed by atoms with Crippen LogP contribution in [0.3, 0.4) is 0 Å². The van der Waals surface area contributed by atoms with Gasteiger partial charge in [-0.3, -0.25) is 0 Å². The molecule has 0 saturated heterocycles. The molecule has 2 rings (SSSR count). The Bertz CT molecular complexity index is 632. The van der Waals surface area contributed by atoms with Gasteiger partial charge in [0.25, 0.3) is 0 Å². The smallest absolute Gasteiger partial charge is 0.380 e. The van der Waals surface area contributed by atoms with Crippen molar-refractivity contribution in [1.29, 1.82) is 0 Å². The van der Waals surface area contributed by atoms with Crippen LogP contribution in [0.25, 0.3) is 0 Å². The average Bonchev–Trinajstić information content (AvgIpc) is 2.38. The molecule has 0 fully saturated rings. The summed E-state index contributed by atoms with van der Waals surface area (Å²) in [6.07, 6.45) is -4.60. The second-order valence-corrected chi connectivity index (χ2v) is 4.99. The first-order chi connectivity index (χ1) is 9.79. The molecular weight excluding hydrogens is 306 g/mol. The summed E-state index contributed by atoms with van der Waals surface area (Å²) in [5, 5.41) is 3.30. The van der Waals surface area contributed by atoms with Gasteiger partial charge in [0.05, 0.1) is 16.3 Å². The van der Waals surface area contributed by atoms with E-state index in [-0.39, 0.29) is 12.1 Å². The number of hydrogen-bond acceptors (Lipinski definition) is 1. The van der Waals surface area contributed by atoms with Crippen LogP contribution in [-0.4, -0.2) is 0 Å². The summed E-state index contributed by atoms with van der Waals surface area (Å²) in [5.74, 6) is -0.917. The Balaban J connectivity index is 2.29. The van der Waals surface area contributed by atoms with E-state index >= 15 is 0 Å². The summed E-state index contributed by atoms with van der Waals surface area (Å²) < 4.78 is 51.7. The van der Waals surface area contributed by atoms with Gasteiger partial charge < -0.3 is 5.32 Å². The van der Waals surface area contributed by atoms with E-state index in [1.807, 2.05) is 0 Å².